The molecule has 0 aliphatic carbocycles. The molecule has 2 aromatic carbocycles. The maximum atomic E-state index is 6.53. The van der Waals surface area contributed by atoms with Gasteiger partial charge in [-0.25, -0.2) is 0 Å². The minimum Gasteiger partial charge on any atom is -0.323 e. The summed E-state index contributed by atoms with van der Waals surface area (Å²) in [4.78, 5) is 0. The van der Waals surface area contributed by atoms with Crippen LogP contribution in [0.1, 0.15) is 25.5 Å². The zero-order valence-corrected chi connectivity index (χ0v) is 13.6. The van der Waals surface area contributed by atoms with Crippen LogP contribution in [0.4, 0.5) is 0 Å². The lowest BCUT2D eigenvalue weighted by molar-refractivity contribution is 0.708. The molecular weight excluding hydrogens is 282 g/mol. The van der Waals surface area contributed by atoms with Gasteiger partial charge >= 0.3 is 0 Å². The van der Waals surface area contributed by atoms with Crippen molar-refractivity contribution in [3.63, 3.8) is 0 Å². The van der Waals surface area contributed by atoms with Crippen molar-refractivity contribution in [3.8, 4) is 0 Å². The van der Waals surface area contributed by atoms with Crippen LogP contribution in [-0.2, 0) is 0 Å². The topological polar surface area (TPSA) is 26.0 Å². The summed E-state index contributed by atoms with van der Waals surface area (Å²) in [5, 5.41) is 4.52. The lowest BCUT2D eigenvalue weighted by atomic mass is 10.0. The molecule has 2 N–H and O–H groups in total. The Hall–Kier alpha value is -0.640. The van der Waals surface area contributed by atoms with Gasteiger partial charge in [-0.05, 0) is 22.4 Å². The summed E-state index contributed by atoms with van der Waals surface area (Å²) in [6.07, 6.45) is 0. The van der Waals surface area contributed by atoms with E-state index in [0.29, 0.717) is 10.5 Å². The molecule has 20 heavy (non-hydrogen) atoms. The second-order valence-electron chi connectivity index (χ2n) is 5.55. The van der Waals surface area contributed by atoms with Crippen molar-refractivity contribution in [2.24, 2.45) is 5.73 Å². The van der Waals surface area contributed by atoms with E-state index in [9.17, 15) is 0 Å². The van der Waals surface area contributed by atoms with Gasteiger partial charge in [0, 0.05) is 27.5 Å². The third kappa shape index (κ3) is 2.85. The molecule has 106 valence electrons. The number of nitrogens with two attached hydrogens (primary N) is 1. The van der Waals surface area contributed by atoms with Gasteiger partial charge in [0.05, 0.1) is 0 Å². The quantitative estimate of drug-likeness (QED) is 0.886. The highest BCUT2D eigenvalue weighted by Gasteiger charge is 2.30. The third-order valence-corrected chi connectivity index (χ3v) is 7.65. The first kappa shape index (κ1) is 14.3. The van der Waals surface area contributed by atoms with Gasteiger partial charge in [0.2, 0.25) is 0 Å². The fourth-order valence-electron chi connectivity index (χ4n) is 2.63. The first-order chi connectivity index (χ1) is 9.65. The van der Waals surface area contributed by atoms with Gasteiger partial charge < -0.3 is 5.73 Å². The van der Waals surface area contributed by atoms with Crippen LogP contribution >= 0.6 is 23.5 Å². The molecule has 1 nitrogen and oxygen atoms in total. The van der Waals surface area contributed by atoms with Crippen LogP contribution in [0.5, 0.6) is 0 Å². The Morgan fingerprint density at radius 3 is 2.55 bits per heavy atom. The van der Waals surface area contributed by atoms with Gasteiger partial charge in [0.25, 0.3) is 0 Å². The molecule has 0 aromatic heterocycles. The van der Waals surface area contributed by atoms with Crippen molar-refractivity contribution in [1.82, 2.24) is 0 Å². The lowest BCUT2D eigenvalue weighted by Gasteiger charge is -2.34. The zero-order valence-electron chi connectivity index (χ0n) is 12.0. The van der Waals surface area contributed by atoms with Gasteiger partial charge in [-0.1, -0.05) is 50.2 Å². The summed E-state index contributed by atoms with van der Waals surface area (Å²) in [6.45, 7) is 4.64. The minimum atomic E-state index is 0.132. The number of fused-ring (bicyclic) bond motifs is 1. The molecule has 1 aliphatic rings. The van der Waals surface area contributed by atoms with Crippen molar-refractivity contribution in [3.05, 3.63) is 48.0 Å². The highest BCUT2D eigenvalue weighted by molar-refractivity contribution is 8.07. The van der Waals surface area contributed by atoms with E-state index in [1.165, 1.54) is 16.3 Å². The van der Waals surface area contributed by atoms with E-state index < -0.39 is 0 Å². The SMILES string of the molecule is CC1SCC(C(N)c2ccc3ccccc3c2)SC1C. The number of rotatable bonds is 2. The monoisotopic (exact) mass is 303 g/mol. The molecule has 4 unspecified atom stereocenters. The van der Waals surface area contributed by atoms with Crippen molar-refractivity contribution in [1.29, 1.82) is 0 Å². The van der Waals surface area contributed by atoms with E-state index >= 15 is 0 Å². The molecule has 4 atom stereocenters. The van der Waals surface area contributed by atoms with E-state index in [4.69, 9.17) is 5.73 Å². The smallest absolute Gasteiger partial charge is 0.0423 e. The maximum Gasteiger partial charge on any atom is 0.0423 e. The number of thioether (sulfide) groups is 2. The molecule has 1 heterocycles. The van der Waals surface area contributed by atoms with E-state index in [1.54, 1.807) is 0 Å². The summed E-state index contributed by atoms with van der Waals surface area (Å²) in [5.74, 6) is 1.16. The molecule has 0 radical (unpaired) electrons. The van der Waals surface area contributed by atoms with Gasteiger partial charge in [0.1, 0.15) is 0 Å². The molecule has 1 aliphatic heterocycles. The molecule has 1 fully saturated rings. The standard InChI is InChI=1S/C17H21NS2/c1-11-12(2)20-16(10-19-11)17(18)15-8-7-13-5-3-4-6-14(13)9-15/h3-9,11-12,16-17H,10,18H2,1-2H3. The van der Waals surface area contributed by atoms with Crippen LogP contribution in [0.25, 0.3) is 10.8 Å². The van der Waals surface area contributed by atoms with Crippen LogP contribution in [0.2, 0.25) is 0 Å². The Morgan fingerprint density at radius 2 is 1.80 bits per heavy atom. The minimum absolute atomic E-state index is 0.132. The van der Waals surface area contributed by atoms with Gasteiger partial charge in [0.15, 0.2) is 0 Å². The molecule has 1 saturated heterocycles. The largest absolute Gasteiger partial charge is 0.323 e. The van der Waals surface area contributed by atoms with Crippen LogP contribution in [0, 0.1) is 0 Å². The predicted molar refractivity (Wildman–Crippen MR) is 93.6 cm³/mol. The molecular formula is C17H21NS2. The number of hydrogen-bond donors (Lipinski definition) is 1. The third-order valence-electron chi connectivity index (χ3n) is 4.13. The fourth-order valence-corrected chi connectivity index (χ4v) is 5.67. The van der Waals surface area contributed by atoms with Gasteiger partial charge in [-0.3, -0.25) is 0 Å². The summed E-state index contributed by atoms with van der Waals surface area (Å²) in [5.41, 5.74) is 7.80. The Balaban J connectivity index is 1.83. The second-order valence-corrected chi connectivity index (χ2v) is 8.58. The molecule has 0 saturated carbocycles. The Bertz CT molecular complexity index is 598. The second kappa shape index (κ2) is 6.00. The predicted octanol–water partition coefficient (Wildman–Crippen LogP) is 4.47. The highest BCUT2D eigenvalue weighted by Crippen LogP contribution is 2.40. The van der Waals surface area contributed by atoms with Crippen molar-refractivity contribution < 1.29 is 0 Å². The van der Waals surface area contributed by atoms with Crippen LogP contribution in [0.3, 0.4) is 0 Å². The number of hydrogen-bond acceptors (Lipinski definition) is 3. The normalized spacial score (nSPS) is 28.4. The maximum absolute atomic E-state index is 6.53. The Labute approximate surface area is 129 Å². The molecule has 0 bridgehead atoms. The molecule has 3 heteroatoms. The van der Waals surface area contributed by atoms with Crippen molar-refractivity contribution >= 4 is 34.3 Å². The average Bonchev–Trinajstić information content (AvgIpc) is 2.49. The van der Waals surface area contributed by atoms with E-state index in [-0.39, 0.29) is 6.04 Å². The first-order valence-electron chi connectivity index (χ1n) is 7.16. The summed E-state index contributed by atoms with van der Waals surface area (Å²) in [7, 11) is 0. The fraction of sp³-hybridized carbons (Fsp3) is 0.412. The molecule has 3 rings (SSSR count). The molecule has 0 spiro atoms. The molecule has 2 aromatic rings. The van der Waals surface area contributed by atoms with E-state index in [2.05, 4.69) is 79.8 Å². The van der Waals surface area contributed by atoms with Crippen LogP contribution in [-0.4, -0.2) is 21.5 Å². The number of benzene rings is 2. The first-order valence-corrected chi connectivity index (χ1v) is 9.15. The van der Waals surface area contributed by atoms with Gasteiger partial charge in [-0.15, -0.1) is 0 Å². The van der Waals surface area contributed by atoms with E-state index in [1.807, 2.05) is 0 Å². The summed E-state index contributed by atoms with van der Waals surface area (Å²) >= 11 is 4.12. The van der Waals surface area contributed by atoms with Crippen LogP contribution < -0.4 is 5.73 Å². The van der Waals surface area contributed by atoms with Gasteiger partial charge in [-0.2, -0.15) is 23.5 Å². The van der Waals surface area contributed by atoms with Crippen molar-refractivity contribution in [2.45, 2.75) is 35.6 Å². The van der Waals surface area contributed by atoms with Crippen molar-refractivity contribution in [2.75, 3.05) is 5.75 Å². The zero-order chi connectivity index (χ0) is 14.1. The average molecular weight is 303 g/mol. The van der Waals surface area contributed by atoms with Crippen LogP contribution in [0.15, 0.2) is 42.5 Å². The summed E-state index contributed by atoms with van der Waals surface area (Å²) < 4.78 is 0. The lowest BCUT2D eigenvalue weighted by Crippen LogP contribution is -2.34. The van der Waals surface area contributed by atoms with E-state index in [0.717, 1.165) is 11.0 Å². The molecule has 0 amide bonds. The Kier molecular flexibility index (Phi) is 4.29. The highest BCUT2D eigenvalue weighted by atomic mass is 32.2. The Morgan fingerprint density at radius 1 is 1.05 bits per heavy atom. The summed E-state index contributed by atoms with van der Waals surface area (Å²) in [6, 6.07) is 15.3.